The average molecular weight is 402 g/mol. The minimum absolute atomic E-state index is 0.153. The smallest absolute Gasteiger partial charge is 0.409 e. The Kier molecular flexibility index (Phi) is 5.93. The lowest BCUT2D eigenvalue weighted by atomic mass is 10.1. The van der Waals surface area contributed by atoms with Crippen LogP contribution in [0.25, 0.3) is 10.9 Å². The number of ether oxygens (including phenoxy) is 1. The number of carbonyl (C=O) groups is 2. The zero-order valence-electron chi connectivity index (χ0n) is 15.6. The highest BCUT2D eigenvalue weighted by Crippen LogP contribution is 2.15. The van der Waals surface area contributed by atoms with Crippen molar-refractivity contribution in [3.05, 3.63) is 51.5 Å². The average Bonchev–Trinajstić information content (AvgIpc) is 2.70. The Morgan fingerprint density at radius 1 is 1.25 bits per heavy atom. The molecule has 1 N–H and O–H groups in total. The molecule has 0 atom stereocenters. The van der Waals surface area contributed by atoms with Gasteiger partial charge in [-0.15, -0.1) is 6.58 Å². The number of aromatic amines is 1. The second kappa shape index (κ2) is 8.39. The number of allylic oxidation sites excluding steroid dienone is 1. The lowest BCUT2D eigenvalue weighted by Gasteiger charge is -2.34. The van der Waals surface area contributed by atoms with Crippen LogP contribution in [0.1, 0.15) is 17.3 Å². The zero-order valence-corrected chi connectivity index (χ0v) is 16.5. The molecular weight excluding hydrogens is 380 g/mol. The summed E-state index contributed by atoms with van der Waals surface area (Å²) in [6.45, 7) is 7.72. The van der Waals surface area contributed by atoms with E-state index in [-0.39, 0.29) is 22.3 Å². The van der Waals surface area contributed by atoms with Crippen molar-refractivity contribution >= 4 is 35.1 Å². The second-order valence-electron chi connectivity index (χ2n) is 6.37. The Morgan fingerprint density at radius 3 is 2.57 bits per heavy atom. The van der Waals surface area contributed by atoms with Gasteiger partial charge in [0.05, 0.1) is 17.5 Å². The molecule has 0 unspecified atom stereocenters. The highest BCUT2D eigenvalue weighted by Gasteiger charge is 2.25. The molecular formula is C19H22N4O4S. The van der Waals surface area contributed by atoms with E-state index in [2.05, 4.69) is 11.6 Å². The van der Waals surface area contributed by atoms with Gasteiger partial charge in [0.1, 0.15) is 0 Å². The van der Waals surface area contributed by atoms with Crippen molar-refractivity contribution in [3.63, 3.8) is 0 Å². The number of H-pyrrole nitrogens is 1. The molecule has 8 nitrogen and oxygen atoms in total. The fourth-order valence-corrected chi connectivity index (χ4v) is 3.44. The van der Waals surface area contributed by atoms with Gasteiger partial charge in [-0.3, -0.25) is 14.2 Å². The fraction of sp³-hybridized carbons (Fsp3) is 0.368. The van der Waals surface area contributed by atoms with Crippen LogP contribution in [0.2, 0.25) is 0 Å². The molecule has 1 aliphatic rings. The SMILES string of the molecule is C=CCn1c(=S)[nH]c2cc(C(=O)N3CCN(C(=O)OCC)CC3)ccc2c1=O. The van der Waals surface area contributed by atoms with E-state index in [0.29, 0.717) is 55.8 Å². The van der Waals surface area contributed by atoms with E-state index in [1.807, 2.05) is 0 Å². The molecule has 0 saturated carbocycles. The maximum atomic E-state index is 12.8. The minimum atomic E-state index is -0.358. The first-order valence-corrected chi connectivity index (χ1v) is 9.45. The number of fused-ring (bicyclic) bond motifs is 1. The van der Waals surface area contributed by atoms with Gasteiger partial charge < -0.3 is 19.5 Å². The molecule has 28 heavy (non-hydrogen) atoms. The molecule has 1 aliphatic heterocycles. The number of hydrogen-bond donors (Lipinski definition) is 1. The molecule has 148 valence electrons. The zero-order chi connectivity index (χ0) is 20.3. The number of carbonyl (C=O) groups excluding carboxylic acids is 2. The van der Waals surface area contributed by atoms with Crippen LogP contribution < -0.4 is 5.56 Å². The Hall–Kier alpha value is -2.94. The standard InChI is InChI=1S/C19H22N4O4S/c1-3-7-23-17(25)14-6-5-13(12-15(14)20-18(23)28)16(24)21-8-10-22(11-9-21)19(26)27-4-2/h3,5-6,12H,1,4,7-11H2,2H3,(H,20,28). The summed E-state index contributed by atoms with van der Waals surface area (Å²) < 4.78 is 6.69. The van der Waals surface area contributed by atoms with Crippen molar-refractivity contribution in [2.75, 3.05) is 32.8 Å². The molecule has 0 radical (unpaired) electrons. The minimum Gasteiger partial charge on any atom is -0.450 e. The highest BCUT2D eigenvalue weighted by molar-refractivity contribution is 7.71. The summed E-state index contributed by atoms with van der Waals surface area (Å²) in [5.41, 5.74) is 0.760. The van der Waals surface area contributed by atoms with Crippen LogP contribution in [0.15, 0.2) is 35.6 Å². The normalized spacial score (nSPS) is 14.2. The number of benzene rings is 1. The first-order chi connectivity index (χ1) is 13.5. The molecule has 1 aromatic heterocycles. The van der Waals surface area contributed by atoms with Crippen molar-refractivity contribution in [2.24, 2.45) is 0 Å². The Balaban J connectivity index is 1.81. The first-order valence-electron chi connectivity index (χ1n) is 9.05. The molecule has 9 heteroatoms. The van der Waals surface area contributed by atoms with E-state index in [0.717, 1.165) is 0 Å². The van der Waals surface area contributed by atoms with E-state index in [9.17, 15) is 14.4 Å². The van der Waals surface area contributed by atoms with Gasteiger partial charge in [-0.2, -0.15) is 0 Å². The molecule has 1 aromatic carbocycles. The molecule has 3 rings (SSSR count). The predicted octanol–water partition coefficient (Wildman–Crippen LogP) is 2.16. The molecule has 1 fully saturated rings. The van der Waals surface area contributed by atoms with Gasteiger partial charge >= 0.3 is 6.09 Å². The summed E-state index contributed by atoms with van der Waals surface area (Å²) in [4.78, 5) is 43.5. The van der Waals surface area contributed by atoms with Crippen molar-refractivity contribution in [2.45, 2.75) is 13.5 Å². The van der Waals surface area contributed by atoms with Crippen molar-refractivity contribution < 1.29 is 14.3 Å². The number of amides is 2. The van der Waals surface area contributed by atoms with Crippen LogP contribution in [0.5, 0.6) is 0 Å². The van der Waals surface area contributed by atoms with Crippen molar-refractivity contribution in [1.29, 1.82) is 0 Å². The summed E-state index contributed by atoms with van der Waals surface area (Å²) in [6, 6.07) is 4.91. The largest absolute Gasteiger partial charge is 0.450 e. The van der Waals surface area contributed by atoms with Gasteiger partial charge in [0.15, 0.2) is 4.77 Å². The molecule has 2 amide bonds. The van der Waals surface area contributed by atoms with Gasteiger partial charge in [-0.05, 0) is 37.3 Å². The maximum Gasteiger partial charge on any atom is 0.409 e. The summed E-state index contributed by atoms with van der Waals surface area (Å²) in [5, 5.41) is 0.458. The molecule has 0 bridgehead atoms. The third-order valence-corrected chi connectivity index (χ3v) is 4.96. The molecule has 1 saturated heterocycles. The monoisotopic (exact) mass is 402 g/mol. The van der Waals surface area contributed by atoms with E-state index in [1.54, 1.807) is 41.0 Å². The van der Waals surface area contributed by atoms with Crippen LogP contribution in [-0.4, -0.2) is 64.1 Å². The highest BCUT2D eigenvalue weighted by atomic mass is 32.1. The van der Waals surface area contributed by atoms with Crippen LogP contribution in [0.4, 0.5) is 4.79 Å². The Bertz CT molecular complexity index is 1030. The van der Waals surface area contributed by atoms with Crippen molar-refractivity contribution in [3.8, 4) is 0 Å². The molecule has 0 aliphatic carbocycles. The summed E-state index contributed by atoms with van der Waals surface area (Å²) >= 11 is 5.24. The predicted molar refractivity (Wildman–Crippen MR) is 108 cm³/mol. The third-order valence-electron chi connectivity index (χ3n) is 4.63. The van der Waals surface area contributed by atoms with Gasteiger partial charge in [-0.25, -0.2) is 4.79 Å². The Morgan fingerprint density at radius 2 is 1.93 bits per heavy atom. The molecule has 2 heterocycles. The second-order valence-corrected chi connectivity index (χ2v) is 6.76. The number of hydrogen-bond acceptors (Lipinski definition) is 5. The van der Waals surface area contributed by atoms with Gasteiger partial charge in [0, 0.05) is 38.3 Å². The summed E-state index contributed by atoms with van der Waals surface area (Å²) in [7, 11) is 0. The fourth-order valence-electron chi connectivity index (χ4n) is 3.17. The first kappa shape index (κ1) is 19.8. The number of aromatic nitrogens is 2. The third kappa shape index (κ3) is 3.84. The molecule has 0 spiro atoms. The lowest BCUT2D eigenvalue weighted by Crippen LogP contribution is -2.50. The van der Waals surface area contributed by atoms with Crippen molar-refractivity contribution in [1.82, 2.24) is 19.4 Å². The van der Waals surface area contributed by atoms with E-state index in [1.165, 1.54) is 4.57 Å². The van der Waals surface area contributed by atoms with E-state index < -0.39 is 0 Å². The van der Waals surface area contributed by atoms with Gasteiger partial charge in [-0.1, -0.05) is 6.08 Å². The number of rotatable bonds is 4. The van der Waals surface area contributed by atoms with E-state index >= 15 is 0 Å². The summed E-state index contributed by atoms with van der Waals surface area (Å²) in [5.74, 6) is -0.153. The maximum absolute atomic E-state index is 12.8. The van der Waals surface area contributed by atoms with E-state index in [4.69, 9.17) is 17.0 Å². The topological polar surface area (TPSA) is 87.6 Å². The van der Waals surface area contributed by atoms with Gasteiger partial charge in [0.25, 0.3) is 11.5 Å². The Labute approximate surface area is 167 Å². The number of nitrogens with one attached hydrogen (secondary N) is 1. The van der Waals surface area contributed by atoms with Crippen LogP contribution >= 0.6 is 12.2 Å². The van der Waals surface area contributed by atoms with Crippen LogP contribution in [-0.2, 0) is 11.3 Å². The van der Waals surface area contributed by atoms with Crippen LogP contribution in [0, 0.1) is 4.77 Å². The van der Waals surface area contributed by atoms with Crippen LogP contribution in [0.3, 0.4) is 0 Å². The quantitative estimate of drug-likeness (QED) is 0.626. The molecule has 2 aromatic rings. The summed E-state index contributed by atoms with van der Waals surface area (Å²) in [6.07, 6.45) is 1.24. The number of piperazine rings is 1. The lowest BCUT2D eigenvalue weighted by molar-refractivity contribution is 0.0570. The number of nitrogens with zero attached hydrogens (tertiary/aromatic N) is 3. The van der Waals surface area contributed by atoms with Gasteiger partial charge in [0.2, 0.25) is 0 Å².